The van der Waals surface area contributed by atoms with Gasteiger partial charge in [-0.25, -0.2) is 0 Å². The Morgan fingerprint density at radius 1 is 1.11 bits per heavy atom. The van der Waals surface area contributed by atoms with Gasteiger partial charge in [0.05, 0.1) is 22.0 Å². The molecular formula is C23H36O4P. The first-order chi connectivity index (χ1) is 13.1. The molecule has 0 aromatic heterocycles. The van der Waals surface area contributed by atoms with Gasteiger partial charge in [-0.3, -0.25) is 9.36 Å². The smallest absolute Gasteiger partial charge is 0.187 e. The van der Waals surface area contributed by atoms with Crippen LogP contribution in [0.3, 0.4) is 0 Å². The molecule has 2 atom stereocenters. The topological polar surface area (TPSA) is 52.6 Å². The van der Waals surface area contributed by atoms with Gasteiger partial charge in [0, 0.05) is 6.16 Å². The molecule has 1 aromatic rings. The second kappa shape index (κ2) is 9.39. The third kappa shape index (κ3) is 5.14. The fraction of sp³-hybridized carbons (Fsp3) is 0.696. The summed E-state index contributed by atoms with van der Waals surface area (Å²) in [7, 11) is 1.44. The average Bonchev–Trinajstić information content (AvgIpc) is 2.65. The fourth-order valence-electron chi connectivity index (χ4n) is 4.60. The van der Waals surface area contributed by atoms with Crippen LogP contribution in [0.1, 0.15) is 76.6 Å². The third-order valence-electron chi connectivity index (χ3n) is 5.67. The molecular weight excluding hydrogens is 371 g/mol. The molecule has 2 rings (SSSR count). The van der Waals surface area contributed by atoms with Crippen LogP contribution in [-0.2, 0) is 4.57 Å². The van der Waals surface area contributed by atoms with Crippen molar-refractivity contribution >= 4 is 13.6 Å². The molecule has 1 saturated carbocycles. The maximum absolute atomic E-state index is 13.8. The van der Waals surface area contributed by atoms with Crippen molar-refractivity contribution < 1.29 is 18.8 Å². The van der Waals surface area contributed by atoms with Crippen LogP contribution in [0, 0.1) is 11.3 Å². The fourth-order valence-corrected chi connectivity index (χ4v) is 6.80. The lowest BCUT2D eigenvalue weighted by Gasteiger charge is -2.36. The molecule has 4 nitrogen and oxygen atoms in total. The Labute approximate surface area is 171 Å². The maximum Gasteiger partial charge on any atom is 0.187 e. The molecule has 28 heavy (non-hydrogen) atoms. The van der Waals surface area contributed by atoms with E-state index >= 15 is 0 Å². The number of carbonyl (C=O) groups is 1. The zero-order chi connectivity index (χ0) is 20.9. The van der Waals surface area contributed by atoms with E-state index in [2.05, 4.69) is 27.7 Å². The SMILES string of the molecule is COc1cccc(OC)c1C(=O)C1([P](=O)CC(C)CC(C)(C)C)CCCCC1. The Balaban J connectivity index is 2.40. The van der Waals surface area contributed by atoms with E-state index in [1.54, 1.807) is 26.4 Å². The van der Waals surface area contributed by atoms with Gasteiger partial charge in [0.2, 0.25) is 0 Å². The molecule has 5 heteroatoms. The van der Waals surface area contributed by atoms with E-state index in [1.807, 2.05) is 6.07 Å². The van der Waals surface area contributed by atoms with Crippen molar-refractivity contribution in [2.75, 3.05) is 20.4 Å². The van der Waals surface area contributed by atoms with Crippen LogP contribution in [0.15, 0.2) is 18.2 Å². The lowest BCUT2D eigenvalue weighted by Crippen LogP contribution is -2.39. The van der Waals surface area contributed by atoms with E-state index in [4.69, 9.17) is 9.47 Å². The van der Waals surface area contributed by atoms with Crippen LogP contribution >= 0.6 is 7.80 Å². The van der Waals surface area contributed by atoms with Crippen LogP contribution in [0.5, 0.6) is 11.5 Å². The molecule has 1 aliphatic rings. The van der Waals surface area contributed by atoms with E-state index < -0.39 is 13.0 Å². The molecule has 2 unspecified atom stereocenters. The molecule has 0 aliphatic heterocycles. The summed E-state index contributed by atoms with van der Waals surface area (Å²) in [5.74, 6) is 1.25. The molecule has 0 spiro atoms. The highest BCUT2D eigenvalue weighted by Gasteiger charge is 2.47. The van der Waals surface area contributed by atoms with Crippen molar-refractivity contribution in [2.45, 2.75) is 71.4 Å². The van der Waals surface area contributed by atoms with Gasteiger partial charge in [-0.1, -0.05) is 53.0 Å². The summed E-state index contributed by atoms with van der Waals surface area (Å²) < 4.78 is 24.6. The highest BCUT2D eigenvalue weighted by atomic mass is 31.1. The van der Waals surface area contributed by atoms with Gasteiger partial charge >= 0.3 is 0 Å². The first kappa shape index (κ1) is 22.9. The number of methoxy groups -OCH3 is 2. The lowest BCUT2D eigenvalue weighted by atomic mass is 9.82. The largest absolute Gasteiger partial charge is 0.496 e. The van der Waals surface area contributed by atoms with E-state index in [-0.39, 0.29) is 11.2 Å². The van der Waals surface area contributed by atoms with Crippen LogP contribution in [-0.4, -0.2) is 31.3 Å². The van der Waals surface area contributed by atoms with Crippen LogP contribution in [0.4, 0.5) is 0 Å². The Hall–Kier alpha value is -1.41. The quantitative estimate of drug-likeness (QED) is 0.365. The summed E-state index contributed by atoms with van der Waals surface area (Å²) in [5, 5.41) is -0.804. The molecule has 0 N–H and O–H groups in total. The minimum atomic E-state index is -1.68. The Bertz CT molecular complexity index is 677. The lowest BCUT2D eigenvalue weighted by molar-refractivity contribution is 0.0906. The van der Waals surface area contributed by atoms with Crippen molar-refractivity contribution in [1.29, 1.82) is 0 Å². The van der Waals surface area contributed by atoms with Gasteiger partial charge in [0.1, 0.15) is 22.2 Å². The van der Waals surface area contributed by atoms with Crippen molar-refractivity contribution in [1.82, 2.24) is 0 Å². The first-order valence-electron chi connectivity index (χ1n) is 10.3. The molecule has 0 bridgehead atoms. The molecule has 1 fully saturated rings. The summed E-state index contributed by atoms with van der Waals surface area (Å²) in [5.41, 5.74) is 0.631. The number of carbonyl (C=O) groups excluding carboxylic acids is 1. The van der Waals surface area contributed by atoms with Crippen LogP contribution in [0.2, 0.25) is 0 Å². The van der Waals surface area contributed by atoms with Crippen molar-refractivity contribution in [2.24, 2.45) is 11.3 Å². The standard InChI is InChI=1S/C23H36O4P/c1-17(15-22(2,3)4)16-28(25)23(13-8-7-9-14-23)21(24)20-18(26-5)11-10-12-19(20)27-6/h10-12,17H,7-9,13-16H2,1-6H3. The number of ketones is 1. The van der Waals surface area contributed by atoms with E-state index in [0.717, 1.165) is 25.7 Å². The minimum absolute atomic E-state index is 0.0643. The summed E-state index contributed by atoms with van der Waals surface area (Å²) >= 11 is 0. The van der Waals surface area contributed by atoms with Crippen LogP contribution in [0.25, 0.3) is 0 Å². The highest BCUT2D eigenvalue weighted by molar-refractivity contribution is 7.48. The average molecular weight is 408 g/mol. The number of hydrogen-bond acceptors (Lipinski definition) is 4. The van der Waals surface area contributed by atoms with Gasteiger partial charge in [-0.15, -0.1) is 0 Å². The second-order valence-corrected chi connectivity index (χ2v) is 11.4. The first-order valence-corrected chi connectivity index (χ1v) is 11.8. The molecule has 0 heterocycles. The van der Waals surface area contributed by atoms with Crippen LogP contribution < -0.4 is 9.47 Å². The van der Waals surface area contributed by atoms with Gasteiger partial charge < -0.3 is 9.47 Å². The highest BCUT2D eigenvalue weighted by Crippen LogP contribution is 2.53. The Morgan fingerprint density at radius 3 is 2.11 bits per heavy atom. The van der Waals surface area contributed by atoms with Crippen molar-refractivity contribution in [3.63, 3.8) is 0 Å². The number of hydrogen-bond donors (Lipinski definition) is 0. The zero-order valence-electron chi connectivity index (χ0n) is 18.3. The third-order valence-corrected chi connectivity index (χ3v) is 8.23. The monoisotopic (exact) mass is 407 g/mol. The normalized spacial score (nSPS) is 18.3. The summed E-state index contributed by atoms with van der Waals surface area (Å²) in [6, 6.07) is 5.37. The maximum atomic E-state index is 13.8. The number of benzene rings is 1. The van der Waals surface area contributed by atoms with Gasteiger partial charge in [0.15, 0.2) is 5.78 Å². The van der Waals surface area contributed by atoms with Gasteiger partial charge in [-0.05, 0) is 42.7 Å². The van der Waals surface area contributed by atoms with Gasteiger partial charge in [-0.2, -0.15) is 0 Å². The summed E-state index contributed by atoms with van der Waals surface area (Å²) in [4.78, 5) is 13.8. The number of Topliss-reactive ketones (excluding diaryl/α,β-unsaturated/α-hetero) is 1. The number of rotatable bonds is 8. The second-order valence-electron chi connectivity index (χ2n) is 9.39. The molecule has 0 amide bonds. The van der Waals surface area contributed by atoms with Gasteiger partial charge in [0.25, 0.3) is 0 Å². The molecule has 1 aromatic carbocycles. The van der Waals surface area contributed by atoms with E-state index in [0.29, 0.717) is 42.0 Å². The predicted molar refractivity (Wildman–Crippen MR) is 115 cm³/mol. The minimum Gasteiger partial charge on any atom is -0.496 e. The van der Waals surface area contributed by atoms with Crippen molar-refractivity contribution in [3.8, 4) is 11.5 Å². The molecule has 157 valence electrons. The zero-order valence-corrected chi connectivity index (χ0v) is 19.2. The predicted octanol–water partition coefficient (Wildman–Crippen LogP) is 6.49. The van der Waals surface area contributed by atoms with E-state index in [1.165, 1.54) is 0 Å². The Kier molecular flexibility index (Phi) is 7.67. The summed E-state index contributed by atoms with van der Waals surface area (Å²) in [6.45, 7) is 8.77. The van der Waals surface area contributed by atoms with Crippen molar-refractivity contribution in [3.05, 3.63) is 23.8 Å². The van der Waals surface area contributed by atoms with E-state index in [9.17, 15) is 9.36 Å². The number of ether oxygens (including phenoxy) is 2. The molecule has 1 aliphatic carbocycles. The molecule has 1 radical (unpaired) electrons. The molecule has 0 saturated heterocycles. The Morgan fingerprint density at radius 2 is 1.64 bits per heavy atom. The summed E-state index contributed by atoms with van der Waals surface area (Å²) in [6.07, 6.45) is 5.94.